The molecule has 5 heteroatoms. The van der Waals surface area contributed by atoms with Crippen molar-refractivity contribution in [3.8, 4) is 5.75 Å². The molecular formula is C24H25NO4. The van der Waals surface area contributed by atoms with Gasteiger partial charge in [-0.05, 0) is 19.1 Å². The summed E-state index contributed by atoms with van der Waals surface area (Å²) in [5.74, 6) is 0.742. The van der Waals surface area contributed by atoms with E-state index in [1.54, 1.807) is 17.0 Å². The molecule has 0 bridgehead atoms. The second-order valence-corrected chi connectivity index (χ2v) is 8.05. The van der Waals surface area contributed by atoms with Crippen LogP contribution in [0, 0.1) is 6.92 Å². The SMILES string of the molecule is Cc1ccc2c(c1)C(=O)CC1(CCN(C(=O)CCC(=O)c3ccccc3)CC1)O2. The zero-order valence-corrected chi connectivity index (χ0v) is 16.6. The summed E-state index contributed by atoms with van der Waals surface area (Å²) < 4.78 is 6.26. The number of piperidine rings is 1. The second kappa shape index (κ2) is 7.82. The Labute approximate surface area is 170 Å². The number of likely N-dealkylation sites (tertiary alicyclic amines) is 1. The van der Waals surface area contributed by atoms with Gasteiger partial charge in [0.25, 0.3) is 0 Å². The molecule has 0 radical (unpaired) electrons. The molecule has 0 N–H and O–H groups in total. The fraction of sp³-hybridized carbons (Fsp3) is 0.375. The number of aryl methyl sites for hydroxylation is 1. The normalized spacial score (nSPS) is 17.6. The highest BCUT2D eigenvalue weighted by Gasteiger charge is 2.43. The lowest BCUT2D eigenvalue weighted by Crippen LogP contribution is -2.52. The van der Waals surface area contributed by atoms with Crippen LogP contribution in [0.5, 0.6) is 5.75 Å². The topological polar surface area (TPSA) is 63.7 Å². The Kier molecular flexibility index (Phi) is 5.22. The van der Waals surface area contributed by atoms with E-state index in [1.165, 1.54) is 0 Å². The molecule has 150 valence electrons. The van der Waals surface area contributed by atoms with E-state index in [4.69, 9.17) is 4.74 Å². The first-order valence-corrected chi connectivity index (χ1v) is 10.1. The Morgan fingerprint density at radius 1 is 1.03 bits per heavy atom. The van der Waals surface area contributed by atoms with Crippen molar-refractivity contribution in [3.05, 3.63) is 65.2 Å². The van der Waals surface area contributed by atoms with E-state index in [1.807, 2.05) is 43.3 Å². The maximum Gasteiger partial charge on any atom is 0.223 e. The third kappa shape index (κ3) is 4.09. The quantitative estimate of drug-likeness (QED) is 0.740. The molecule has 2 aromatic rings. The smallest absolute Gasteiger partial charge is 0.223 e. The van der Waals surface area contributed by atoms with E-state index in [0.717, 1.165) is 5.56 Å². The van der Waals surface area contributed by atoms with Crippen LogP contribution in [0.1, 0.15) is 58.4 Å². The molecule has 0 unspecified atom stereocenters. The van der Waals surface area contributed by atoms with E-state index in [2.05, 4.69) is 0 Å². The first-order chi connectivity index (χ1) is 14.0. The number of ether oxygens (including phenoxy) is 1. The highest BCUT2D eigenvalue weighted by molar-refractivity contribution is 6.00. The number of nitrogens with zero attached hydrogens (tertiary/aromatic N) is 1. The van der Waals surface area contributed by atoms with Crippen molar-refractivity contribution in [2.75, 3.05) is 13.1 Å². The van der Waals surface area contributed by atoms with Gasteiger partial charge in [0.15, 0.2) is 11.6 Å². The number of fused-ring (bicyclic) bond motifs is 1. The van der Waals surface area contributed by atoms with Crippen molar-refractivity contribution in [2.24, 2.45) is 0 Å². The van der Waals surface area contributed by atoms with Crippen LogP contribution in [-0.4, -0.2) is 41.1 Å². The molecule has 0 atom stereocenters. The molecule has 4 rings (SSSR count). The van der Waals surface area contributed by atoms with Gasteiger partial charge >= 0.3 is 0 Å². The predicted octanol–water partition coefficient (Wildman–Crippen LogP) is 3.98. The van der Waals surface area contributed by atoms with Gasteiger partial charge in [-0.3, -0.25) is 14.4 Å². The Morgan fingerprint density at radius 2 is 1.76 bits per heavy atom. The summed E-state index contributed by atoms with van der Waals surface area (Å²) in [5.41, 5.74) is 1.83. The van der Waals surface area contributed by atoms with Gasteiger partial charge in [-0.2, -0.15) is 0 Å². The number of benzene rings is 2. The number of carbonyl (C=O) groups excluding carboxylic acids is 3. The van der Waals surface area contributed by atoms with Crippen molar-refractivity contribution >= 4 is 17.5 Å². The minimum atomic E-state index is -0.518. The summed E-state index contributed by atoms with van der Waals surface area (Å²) in [6, 6.07) is 14.8. The minimum absolute atomic E-state index is 0.0118. The number of hydrogen-bond donors (Lipinski definition) is 0. The van der Waals surface area contributed by atoms with E-state index in [9.17, 15) is 14.4 Å². The first kappa shape index (κ1) is 19.4. The number of Topliss-reactive ketones (excluding diaryl/α,β-unsaturated/α-hetero) is 2. The summed E-state index contributed by atoms with van der Waals surface area (Å²) >= 11 is 0. The van der Waals surface area contributed by atoms with E-state index in [0.29, 0.717) is 49.2 Å². The first-order valence-electron chi connectivity index (χ1n) is 10.1. The fourth-order valence-electron chi connectivity index (χ4n) is 4.20. The minimum Gasteiger partial charge on any atom is -0.486 e. The van der Waals surface area contributed by atoms with Gasteiger partial charge < -0.3 is 9.64 Å². The molecule has 1 spiro atoms. The third-order valence-corrected chi connectivity index (χ3v) is 5.93. The number of amides is 1. The van der Waals surface area contributed by atoms with Gasteiger partial charge in [0, 0.05) is 44.3 Å². The van der Waals surface area contributed by atoms with Crippen LogP contribution in [0.2, 0.25) is 0 Å². The number of carbonyl (C=O) groups is 3. The highest BCUT2D eigenvalue weighted by atomic mass is 16.5. The molecule has 29 heavy (non-hydrogen) atoms. The van der Waals surface area contributed by atoms with Crippen LogP contribution in [0.25, 0.3) is 0 Å². The molecule has 2 aliphatic rings. The Hall–Kier alpha value is -2.95. The highest BCUT2D eigenvalue weighted by Crippen LogP contribution is 2.39. The average Bonchev–Trinajstić information content (AvgIpc) is 2.73. The van der Waals surface area contributed by atoms with Crippen molar-refractivity contribution < 1.29 is 19.1 Å². The zero-order chi connectivity index (χ0) is 20.4. The van der Waals surface area contributed by atoms with Crippen LogP contribution >= 0.6 is 0 Å². The number of ketones is 2. The maximum atomic E-state index is 12.6. The Bertz CT molecular complexity index is 943. The van der Waals surface area contributed by atoms with Crippen molar-refractivity contribution in [3.63, 3.8) is 0 Å². The van der Waals surface area contributed by atoms with Gasteiger partial charge in [-0.15, -0.1) is 0 Å². The standard InChI is InChI=1S/C24H25NO4/c1-17-7-9-22-19(15-17)21(27)16-24(29-22)11-13-25(14-12-24)23(28)10-8-20(26)18-5-3-2-4-6-18/h2-7,9,15H,8,10-14,16H2,1H3. The molecule has 2 heterocycles. The monoisotopic (exact) mass is 391 g/mol. The summed E-state index contributed by atoms with van der Waals surface area (Å²) in [5, 5.41) is 0. The number of rotatable bonds is 4. The molecule has 2 aromatic carbocycles. The van der Waals surface area contributed by atoms with Crippen molar-refractivity contribution in [2.45, 2.75) is 44.6 Å². The fourth-order valence-corrected chi connectivity index (χ4v) is 4.20. The molecule has 2 aliphatic heterocycles. The van der Waals surface area contributed by atoms with Gasteiger partial charge in [0.05, 0.1) is 12.0 Å². The van der Waals surface area contributed by atoms with Gasteiger partial charge in [0.1, 0.15) is 11.4 Å². The van der Waals surface area contributed by atoms with Crippen LogP contribution in [-0.2, 0) is 4.79 Å². The van der Waals surface area contributed by atoms with E-state index >= 15 is 0 Å². The number of hydrogen-bond acceptors (Lipinski definition) is 4. The summed E-state index contributed by atoms with van der Waals surface area (Å²) in [6.45, 7) is 3.06. The molecular weight excluding hydrogens is 366 g/mol. The molecule has 0 aliphatic carbocycles. The largest absolute Gasteiger partial charge is 0.486 e. The Balaban J connectivity index is 1.33. The molecule has 1 saturated heterocycles. The summed E-state index contributed by atoms with van der Waals surface area (Å²) in [4.78, 5) is 39.2. The molecule has 0 saturated carbocycles. The average molecular weight is 391 g/mol. The molecule has 0 aromatic heterocycles. The molecule has 1 amide bonds. The lowest BCUT2D eigenvalue weighted by molar-refractivity contribution is -0.134. The maximum absolute atomic E-state index is 12.6. The third-order valence-electron chi connectivity index (χ3n) is 5.93. The summed E-state index contributed by atoms with van der Waals surface area (Å²) in [7, 11) is 0. The molecule has 1 fully saturated rings. The second-order valence-electron chi connectivity index (χ2n) is 8.05. The van der Waals surface area contributed by atoms with Gasteiger partial charge in [0.2, 0.25) is 5.91 Å². The predicted molar refractivity (Wildman–Crippen MR) is 109 cm³/mol. The van der Waals surface area contributed by atoms with Crippen LogP contribution in [0.3, 0.4) is 0 Å². The lowest BCUT2D eigenvalue weighted by atomic mass is 9.82. The van der Waals surface area contributed by atoms with E-state index in [-0.39, 0.29) is 30.3 Å². The Morgan fingerprint density at radius 3 is 2.48 bits per heavy atom. The zero-order valence-electron chi connectivity index (χ0n) is 16.6. The molecule has 5 nitrogen and oxygen atoms in total. The van der Waals surface area contributed by atoms with Crippen LogP contribution < -0.4 is 4.74 Å². The van der Waals surface area contributed by atoms with Crippen molar-refractivity contribution in [1.29, 1.82) is 0 Å². The van der Waals surface area contributed by atoms with Gasteiger partial charge in [-0.1, -0.05) is 42.0 Å². The van der Waals surface area contributed by atoms with Crippen molar-refractivity contribution in [1.82, 2.24) is 4.90 Å². The van der Waals surface area contributed by atoms with Crippen LogP contribution in [0.4, 0.5) is 0 Å². The van der Waals surface area contributed by atoms with Crippen LogP contribution in [0.15, 0.2) is 48.5 Å². The summed E-state index contributed by atoms with van der Waals surface area (Å²) in [6.07, 6.45) is 2.04. The lowest BCUT2D eigenvalue weighted by Gasteiger charge is -2.44. The van der Waals surface area contributed by atoms with Gasteiger partial charge in [-0.25, -0.2) is 0 Å². The van der Waals surface area contributed by atoms with E-state index < -0.39 is 5.60 Å².